The molecule has 10 nitrogen and oxygen atoms in total. The summed E-state index contributed by atoms with van der Waals surface area (Å²) in [6, 6.07) is 0. The van der Waals surface area contributed by atoms with E-state index in [1.807, 2.05) is 6.92 Å². The first-order chi connectivity index (χ1) is 12.7. The molecule has 2 aromatic rings. The molecule has 4 rings (SSSR count). The first-order valence-electron chi connectivity index (χ1n) is 8.67. The number of morpholine rings is 1. The number of aliphatic hydroxyl groups excluding tert-OH is 2. The maximum absolute atomic E-state index is 9.96. The van der Waals surface area contributed by atoms with Gasteiger partial charge in [0.1, 0.15) is 24.5 Å². The second-order valence-corrected chi connectivity index (χ2v) is 6.39. The lowest BCUT2D eigenvalue weighted by Crippen LogP contribution is -2.39. The molecule has 0 radical (unpaired) electrons. The minimum absolute atomic E-state index is 0.229. The average Bonchev–Trinajstić information content (AvgIpc) is 3.26. The number of nitrogens with zero attached hydrogens (tertiary/aromatic N) is 6. The first kappa shape index (κ1) is 17.3. The molecular formula is C16H22N6O4. The van der Waals surface area contributed by atoms with E-state index >= 15 is 0 Å². The van der Waals surface area contributed by atoms with Crippen LogP contribution in [0.25, 0.3) is 11.2 Å². The Morgan fingerprint density at radius 3 is 2.85 bits per heavy atom. The number of aromatic nitrogens is 4. The molecule has 0 bridgehead atoms. The summed E-state index contributed by atoms with van der Waals surface area (Å²) in [5, 5.41) is 19.2. The molecule has 140 valence electrons. The summed E-state index contributed by atoms with van der Waals surface area (Å²) in [6.07, 6.45) is 1.68. The summed E-state index contributed by atoms with van der Waals surface area (Å²) in [5.74, 6) is 1.35. The number of amidine groups is 1. The molecule has 4 heterocycles. The van der Waals surface area contributed by atoms with Gasteiger partial charge in [0.05, 0.1) is 32.3 Å². The van der Waals surface area contributed by atoms with Crippen LogP contribution in [-0.4, -0.2) is 85.6 Å². The summed E-state index contributed by atoms with van der Waals surface area (Å²) >= 11 is 0. The highest BCUT2D eigenvalue weighted by Gasteiger charge is 2.35. The molecule has 2 saturated heterocycles. The highest BCUT2D eigenvalue weighted by atomic mass is 16.5. The van der Waals surface area contributed by atoms with E-state index in [0.29, 0.717) is 36.6 Å². The highest BCUT2D eigenvalue weighted by Crippen LogP contribution is 2.32. The Bertz CT molecular complexity index is 803. The van der Waals surface area contributed by atoms with Crippen LogP contribution in [0.4, 0.5) is 5.82 Å². The van der Waals surface area contributed by atoms with Gasteiger partial charge >= 0.3 is 0 Å². The average molecular weight is 362 g/mol. The topological polar surface area (TPSA) is 118 Å². The minimum atomic E-state index is -0.717. The zero-order valence-electron chi connectivity index (χ0n) is 14.5. The number of hydrogen-bond donors (Lipinski definition) is 2. The van der Waals surface area contributed by atoms with E-state index in [-0.39, 0.29) is 6.61 Å². The number of aliphatic hydroxyl groups is 2. The van der Waals surface area contributed by atoms with Crippen molar-refractivity contribution in [2.75, 3.05) is 32.9 Å². The lowest BCUT2D eigenvalue weighted by molar-refractivity contribution is -0.0432. The Labute approximate surface area is 150 Å². The van der Waals surface area contributed by atoms with Crippen molar-refractivity contribution in [2.45, 2.75) is 31.8 Å². The van der Waals surface area contributed by atoms with Crippen molar-refractivity contribution in [3.8, 4) is 0 Å². The van der Waals surface area contributed by atoms with Crippen LogP contribution in [0.5, 0.6) is 0 Å². The van der Waals surface area contributed by atoms with Crippen LogP contribution in [0, 0.1) is 0 Å². The van der Waals surface area contributed by atoms with E-state index in [4.69, 9.17) is 9.47 Å². The number of rotatable bonds is 3. The van der Waals surface area contributed by atoms with Crippen molar-refractivity contribution in [1.82, 2.24) is 24.4 Å². The molecular weight excluding hydrogens is 340 g/mol. The Balaban J connectivity index is 1.63. The van der Waals surface area contributed by atoms with Crippen LogP contribution < -0.4 is 0 Å². The summed E-state index contributed by atoms with van der Waals surface area (Å²) < 4.78 is 12.8. The number of hydrogen-bond acceptors (Lipinski definition) is 8. The molecule has 0 spiro atoms. The quantitative estimate of drug-likeness (QED) is 0.572. The molecule has 2 aliphatic rings. The number of imidazole rings is 1. The van der Waals surface area contributed by atoms with Crippen LogP contribution in [0.15, 0.2) is 17.6 Å². The molecule has 2 aromatic heterocycles. The van der Waals surface area contributed by atoms with Gasteiger partial charge in [-0.1, -0.05) is 0 Å². The van der Waals surface area contributed by atoms with E-state index in [1.54, 1.807) is 10.9 Å². The largest absolute Gasteiger partial charge is 0.394 e. The van der Waals surface area contributed by atoms with Gasteiger partial charge in [-0.15, -0.1) is 0 Å². The second kappa shape index (κ2) is 7.23. The van der Waals surface area contributed by atoms with Gasteiger partial charge in [-0.3, -0.25) is 4.57 Å². The summed E-state index contributed by atoms with van der Waals surface area (Å²) in [5.41, 5.74) is 1.16. The number of fused-ring (bicyclic) bond motifs is 1. The highest BCUT2D eigenvalue weighted by molar-refractivity contribution is 5.88. The minimum Gasteiger partial charge on any atom is -0.394 e. The Kier molecular flexibility index (Phi) is 4.81. The van der Waals surface area contributed by atoms with Gasteiger partial charge in [0, 0.05) is 19.5 Å². The third-order valence-corrected chi connectivity index (χ3v) is 4.77. The summed E-state index contributed by atoms with van der Waals surface area (Å²) in [6.45, 7) is 4.69. The molecule has 3 atom stereocenters. The molecule has 0 saturated carbocycles. The fraction of sp³-hybridized carbons (Fsp3) is 0.625. The van der Waals surface area contributed by atoms with Gasteiger partial charge < -0.3 is 24.6 Å². The van der Waals surface area contributed by atoms with Crippen molar-refractivity contribution in [2.24, 2.45) is 4.99 Å². The van der Waals surface area contributed by atoms with Crippen molar-refractivity contribution in [1.29, 1.82) is 0 Å². The summed E-state index contributed by atoms with van der Waals surface area (Å²) in [7, 11) is 0. The maximum atomic E-state index is 9.96. The van der Waals surface area contributed by atoms with Gasteiger partial charge in [0.25, 0.3) is 0 Å². The van der Waals surface area contributed by atoms with Crippen LogP contribution >= 0.6 is 0 Å². The van der Waals surface area contributed by atoms with Gasteiger partial charge in [-0.25, -0.2) is 19.9 Å². The van der Waals surface area contributed by atoms with Crippen molar-refractivity contribution >= 4 is 22.8 Å². The van der Waals surface area contributed by atoms with E-state index in [1.165, 1.54) is 6.33 Å². The van der Waals surface area contributed by atoms with E-state index in [0.717, 1.165) is 18.9 Å². The van der Waals surface area contributed by atoms with E-state index in [2.05, 4.69) is 24.8 Å². The Morgan fingerprint density at radius 2 is 2.12 bits per heavy atom. The molecule has 2 aliphatic heterocycles. The lowest BCUT2D eigenvalue weighted by Gasteiger charge is -2.28. The smallest absolute Gasteiger partial charge is 0.185 e. The molecule has 10 heteroatoms. The third-order valence-electron chi connectivity index (χ3n) is 4.77. The molecule has 2 fully saturated rings. The Morgan fingerprint density at radius 1 is 1.31 bits per heavy atom. The van der Waals surface area contributed by atoms with Gasteiger partial charge in [-0.05, 0) is 6.92 Å². The van der Waals surface area contributed by atoms with Gasteiger partial charge in [0.2, 0.25) is 0 Å². The molecule has 0 unspecified atom stereocenters. The normalized spacial score (nSPS) is 27.4. The van der Waals surface area contributed by atoms with Crippen LogP contribution in [0.1, 0.15) is 19.6 Å². The van der Waals surface area contributed by atoms with Gasteiger partial charge in [-0.2, -0.15) is 0 Å². The third kappa shape index (κ3) is 3.16. The zero-order chi connectivity index (χ0) is 18.1. The number of aliphatic imine (C=N–C) groups is 1. The van der Waals surface area contributed by atoms with E-state index in [9.17, 15) is 10.2 Å². The SMILES string of the molecule is CC(=Nc1ncnc2c1ncn2[C@H]1C[C@@H](O)[C@@H](CO)O1)N1CCOCC1. The van der Waals surface area contributed by atoms with Crippen LogP contribution in [0.2, 0.25) is 0 Å². The standard InChI is InChI=1S/C16H22N6O4/c1-10(21-2-4-25-5-3-21)20-15-14-16(18-8-17-15)22(9-19-14)13-6-11(24)12(7-23)26-13/h8-9,11-13,23-24H,2-7H2,1H3/t11-,12-,13-/m1/s1. The molecule has 0 amide bonds. The number of ether oxygens (including phenoxy) is 2. The fourth-order valence-electron chi connectivity index (χ4n) is 3.29. The first-order valence-corrected chi connectivity index (χ1v) is 8.67. The van der Waals surface area contributed by atoms with Gasteiger partial charge in [0.15, 0.2) is 17.0 Å². The molecule has 0 aromatic carbocycles. The van der Waals surface area contributed by atoms with E-state index < -0.39 is 18.4 Å². The summed E-state index contributed by atoms with van der Waals surface area (Å²) in [4.78, 5) is 19.7. The van der Waals surface area contributed by atoms with Crippen molar-refractivity contribution in [3.05, 3.63) is 12.7 Å². The monoisotopic (exact) mass is 362 g/mol. The van der Waals surface area contributed by atoms with Crippen LogP contribution in [0.3, 0.4) is 0 Å². The second-order valence-electron chi connectivity index (χ2n) is 6.39. The van der Waals surface area contributed by atoms with Crippen molar-refractivity contribution in [3.63, 3.8) is 0 Å². The zero-order valence-corrected chi connectivity index (χ0v) is 14.5. The maximum Gasteiger partial charge on any atom is 0.185 e. The molecule has 2 N–H and O–H groups in total. The fourth-order valence-corrected chi connectivity index (χ4v) is 3.29. The van der Waals surface area contributed by atoms with Crippen molar-refractivity contribution < 1.29 is 19.7 Å². The molecule has 26 heavy (non-hydrogen) atoms. The Hall–Kier alpha value is -2.14. The predicted molar refractivity (Wildman–Crippen MR) is 92.1 cm³/mol. The van der Waals surface area contributed by atoms with Crippen LogP contribution in [-0.2, 0) is 9.47 Å². The molecule has 0 aliphatic carbocycles. The predicted octanol–water partition coefficient (Wildman–Crippen LogP) is -0.151. The lowest BCUT2D eigenvalue weighted by atomic mass is 10.2.